The second-order valence-electron chi connectivity index (χ2n) is 6.11. The van der Waals surface area contributed by atoms with Gasteiger partial charge in [0, 0.05) is 13.2 Å². The Hall–Kier alpha value is -1.02. The zero-order valence-electron chi connectivity index (χ0n) is 14.4. The summed E-state index contributed by atoms with van der Waals surface area (Å²) in [7, 11) is 0. The fourth-order valence-corrected chi connectivity index (χ4v) is 2.80. The zero-order valence-corrected chi connectivity index (χ0v) is 14.4. The Labute approximate surface area is 136 Å². The van der Waals surface area contributed by atoms with Crippen LogP contribution in [-0.4, -0.2) is 18.3 Å². The van der Waals surface area contributed by atoms with Gasteiger partial charge in [-0.15, -0.1) is 0 Å². The summed E-state index contributed by atoms with van der Waals surface area (Å²) in [5.74, 6) is 0.451. The molecule has 1 aromatic rings. The normalized spacial score (nSPS) is 11.0. The van der Waals surface area contributed by atoms with Crippen LogP contribution < -0.4 is 0 Å². The van der Waals surface area contributed by atoms with E-state index >= 15 is 0 Å². The molecule has 0 aliphatic rings. The molecule has 0 fully saturated rings. The second-order valence-corrected chi connectivity index (χ2v) is 6.11. The molecule has 0 saturated carbocycles. The number of ether oxygens (including phenoxy) is 1. The molecule has 0 spiro atoms. The predicted octanol–water partition coefficient (Wildman–Crippen LogP) is 5.87. The van der Waals surface area contributed by atoms with E-state index in [9.17, 15) is 5.11 Å². The van der Waals surface area contributed by atoms with E-state index in [4.69, 9.17) is 4.74 Å². The summed E-state index contributed by atoms with van der Waals surface area (Å²) in [4.78, 5) is 0. The van der Waals surface area contributed by atoms with Crippen molar-refractivity contribution in [1.82, 2.24) is 0 Å². The Morgan fingerprint density at radius 2 is 1.32 bits per heavy atom. The van der Waals surface area contributed by atoms with E-state index in [0.29, 0.717) is 5.75 Å². The van der Waals surface area contributed by atoms with E-state index in [1.165, 1.54) is 64.2 Å². The lowest BCUT2D eigenvalue weighted by molar-refractivity contribution is 0.143. The molecule has 1 aromatic carbocycles. The molecule has 0 saturated heterocycles. The summed E-state index contributed by atoms with van der Waals surface area (Å²) in [5.41, 5.74) is 1.09. The summed E-state index contributed by atoms with van der Waals surface area (Å²) < 4.78 is 5.34. The molecule has 0 radical (unpaired) electrons. The SMILES string of the molecule is CCOCCCCCCCCCCCCc1ccccc1O. The summed E-state index contributed by atoms with van der Waals surface area (Å²) in [6.45, 7) is 3.85. The van der Waals surface area contributed by atoms with E-state index in [2.05, 4.69) is 6.92 Å². The molecular formula is C20H34O2. The molecule has 0 aliphatic carbocycles. The lowest BCUT2D eigenvalue weighted by atomic mass is 10.0. The van der Waals surface area contributed by atoms with Crippen LogP contribution in [0.25, 0.3) is 0 Å². The summed E-state index contributed by atoms with van der Waals surface area (Å²) in [5, 5.41) is 9.69. The third-order valence-corrected chi connectivity index (χ3v) is 4.18. The van der Waals surface area contributed by atoms with Gasteiger partial charge in [-0.1, -0.05) is 69.6 Å². The fourth-order valence-electron chi connectivity index (χ4n) is 2.80. The molecule has 1 rings (SSSR count). The van der Waals surface area contributed by atoms with E-state index in [-0.39, 0.29) is 0 Å². The van der Waals surface area contributed by atoms with Gasteiger partial charge in [0.1, 0.15) is 5.75 Å². The number of rotatable bonds is 14. The highest BCUT2D eigenvalue weighted by Crippen LogP contribution is 2.19. The first kappa shape index (κ1) is 19.0. The van der Waals surface area contributed by atoms with Crippen molar-refractivity contribution >= 4 is 0 Å². The predicted molar refractivity (Wildman–Crippen MR) is 94.5 cm³/mol. The van der Waals surface area contributed by atoms with Crippen LogP contribution in [0, 0.1) is 0 Å². The third-order valence-electron chi connectivity index (χ3n) is 4.18. The van der Waals surface area contributed by atoms with Crippen molar-refractivity contribution in [2.75, 3.05) is 13.2 Å². The van der Waals surface area contributed by atoms with Crippen molar-refractivity contribution in [1.29, 1.82) is 0 Å². The number of unbranched alkanes of at least 4 members (excludes halogenated alkanes) is 9. The summed E-state index contributed by atoms with van der Waals surface area (Å²) >= 11 is 0. The number of para-hydroxylation sites is 1. The van der Waals surface area contributed by atoms with Crippen molar-refractivity contribution < 1.29 is 9.84 Å². The lowest BCUT2D eigenvalue weighted by Gasteiger charge is -2.05. The minimum atomic E-state index is 0.451. The highest BCUT2D eigenvalue weighted by Gasteiger charge is 1.99. The summed E-state index contributed by atoms with van der Waals surface area (Å²) in [6, 6.07) is 7.70. The second kappa shape index (κ2) is 13.6. The van der Waals surface area contributed by atoms with Gasteiger partial charge in [-0.3, -0.25) is 0 Å². The Kier molecular flexibility index (Phi) is 11.8. The zero-order chi connectivity index (χ0) is 15.9. The van der Waals surface area contributed by atoms with Crippen LogP contribution >= 0.6 is 0 Å². The Balaban J connectivity index is 1.81. The van der Waals surface area contributed by atoms with Crippen molar-refractivity contribution in [3.05, 3.63) is 29.8 Å². The van der Waals surface area contributed by atoms with Gasteiger partial charge >= 0.3 is 0 Å². The maximum atomic E-state index is 9.69. The fraction of sp³-hybridized carbons (Fsp3) is 0.700. The molecule has 2 heteroatoms. The molecule has 0 amide bonds. The molecular weight excluding hydrogens is 272 g/mol. The van der Waals surface area contributed by atoms with Crippen LogP contribution in [0.15, 0.2) is 24.3 Å². The van der Waals surface area contributed by atoms with Crippen molar-refractivity contribution in [3.8, 4) is 5.75 Å². The van der Waals surface area contributed by atoms with Gasteiger partial charge in [0.2, 0.25) is 0 Å². The first-order valence-corrected chi connectivity index (χ1v) is 9.19. The Morgan fingerprint density at radius 1 is 0.773 bits per heavy atom. The molecule has 0 atom stereocenters. The Bertz CT molecular complexity index is 362. The van der Waals surface area contributed by atoms with Crippen LogP contribution in [-0.2, 0) is 11.2 Å². The van der Waals surface area contributed by atoms with Crippen molar-refractivity contribution in [3.63, 3.8) is 0 Å². The number of benzene rings is 1. The number of hydrogen-bond donors (Lipinski definition) is 1. The molecule has 126 valence electrons. The monoisotopic (exact) mass is 306 g/mol. The van der Waals surface area contributed by atoms with Gasteiger partial charge in [0.25, 0.3) is 0 Å². The average Bonchev–Trinajstić information content (AvgIpc) is 2.53. The van der Waals surface area contributed by atoms with Gasteiger partial charge in [-0.2, -0.15) is 0 Å². The first-order chi connectivity index (χ1) is 10.8. The van der Waals surface area contributed by atoms with Crippen LogP contribution in [0.3, 0.4) is 0 Å². The number of aryl methyl sites for hydroxylation is 1. The molecule has 1 N–H and O–H groups in total. The minimum absolute atomic E-state index is 0.451. The molecule has 0 unspecified atom stereocenters. The number of phenolic OH excluding ortho intramolecular Hbond substituents is 1. The van der Waals surface area contributed by atoms with Gasteiger partial charge in [-0.05, 0) is 37.8 Å². The van der Waals surface area contributed by atoms with Gasteiger partial charge < -0.3 is 9.84 Å². The number of hydrogen-bond acceptors (Lipinski definition) is 2. The molecule has 0 bridgehead atoms. The van der Waals surface area contributed by atoms with Gasteiger partial charge in [-0.25, -0.2) is 0 Å². The molecule has 0 heterocycles. The maximum Gasteiger partial charge on any atom is 0.118 e. The van der Waals surface area contributed by atoms with Crippen molar-refractivity contribution in [2.45, 2.75) is 77.6 Å². The average molecular weight is 306 g/mol. The highest BCUT2D eigenvalue weighted by molar-refractivity contribution is 5.31. The minimum Gasteiger partial charge on any atom is -0.508 e. The van der Waals surface area contributed by atoms with Crippen molar-refractivity contribution in [2.24, 2.45) is 0 Å². The molecule has 22 heavy (non-hydrogen) atoms. The quantitative estimate of drug-likeness (QED) is 0.435. The first-order valence-electron chi connectivity index (χ1n) is 9.19. The third kappa shape index (κ3) is 9.83. The number of phenols is 1. The van der Waals surface area contributed by atoms with Gasteiger partial charge in [0.05, 0.1) is 0 Å². The van der Waals surface area contributed by atoms with Crippen LogP contribution in [0.1, 0.15) is 76.7 Å². The van der Waals surface area contributed by atoms with E-state index in [1.54, 1.807) is 6.07 Å². The van der Waals surface area contributed by atoms with Crippen LogP contribution in [0.4, 0.5) is 0 Å². The molecule has 0 aliphatic heterocycles. The van der Waals surface area contributed by atoms with E-state index in [0.717, 1.165) is 25.2 Å². The van der Waals surface area contributed by atoms with E-state index < -0.39 is 0 Å². The standard InChI is InChI=1S/C20H34O2/c1-2-22-18-14-10-8-6-4-3-5-7-9-11-15-19-16-12-13-17-20(19)21/h12-13,16-17,21H,2-11,14-15,18H2,1H3. The smallest absolute Gasteiger partial charge is 0.118 e. The Morgan fingerprint density at radius 3 is 1.91 bits per heavy atom. The van der Waals surface area contributed by atoms with E-state index in [1.807, 2.05) is 18.2 Å². The molecule has 2 nitrogen and oxygen atoms in total. The highest BCUT2D eigenvalue weighted by atomic mass is 16.5. The topological polar surface area (TPSA) is 29.5 Å². The van der Waals surface area contributed by atoms with Gasteiger partial charge in [0.15, 0.2) is 0 Å². The molecule has 0 aromatic heterocycles. The summed E-state index contributed by atoms with van der Waals surface area (Å²) in [6.07, 6.45) is 14.2. The van der Waals surface area contributed by atoms with Crippen LogP contribution in [0.5, 0.6) is 5.75 Å². The maximum absolute atomic E-state index is 9.69. The van der Waals surface area contributed by atoms with Crippen LogP contribution in [0.2, 0.25) is 0 Å². The number of aromatic hydroxyl groups is 1. The lowest BCUT2D eigenvalue weighted by Crippen LogP contribution is -1.92. The largest absolute Gasteiger partial charge is 0.508 e.